The van der Waals surface area contributed by atoms with Gasteiger partial charge in [-0.1, -0.05) is 52.5 Å². The van der Waals surface area contributed by atoms with Gasteiger partial charge in [-0.3, -0.25) is 42.2 Å². The van der Waals surface area contributed by atoms with Gasteiger partial charge in [0.1, 0.15) is 33.5 Å². The van der Waals surface area contributed by atoms with E-state index in [0.29, 0.717) is 91.0 Å². The maximum atomic E-state index is 14.0. The van der Waals surface area contributed by atoms with E-state index in [-0.39, 0.29) is 83.6 Å². The van der Waals surface area contributed by atoms with Crippen molar-refractivity contribution in [3.8, 4) is 22.3 Å². The molecule has 0 spiro atoms. The number of rotatable bonds is 35. The second-order valence-corrected chi connectivity index (χ2v) is 33.0. The number of pyridine rings is 2. The highest BCUT2D eigenvalue weighted by molar-refractivity contribution is 7.88. The summed E-state index contributed by atoms with van der Waals surface area (Å²) >= 11 is 2.12. The average molecular weight is 1470 g/mol. The summed E-state index contributed by atoms with van der Waals surface area (Å²) in [6, 6.07) is 13.0. The molecule has 0 aliphatic carbocycles. The van der Waals surface area contributed by atoms with Crippen LogP contribution in [0.1, 0.15) is 178 Å². The minimum Gasteiger partial charge on any atom is -0.481 e. The Morgan fingerprint density at radius 2 is 1.14 bits per heavy atom. The molecule has 2 atom stereocenters. The number of aliphatic carboxylic acids is 1. The van der Waals surface area contributed by atoms with Crippen molar-refractivity contribution < 1.29 is 85.5 Å². The molecule has 4 aromatic heterocycles. The Morgan fingerprint density at radius 3 is 1.68 bits per heavy atom. The number of thiophene rings is 2. The SMILES string of the molecule is CCCCCNC(=O)c1cc(-c2cc3c(c4ccsc24)[N+](CCCS(=O)(=O)O)=C(/C=C/C=C2/N(CCC)c4c(cc(-c5cc(C(=O)NCCCCCC(=O)O)nc(C(=O)NCCS(=O)(=O)O)c5)c5sc(S(=O)(=O)O)cc45)C2(C)CCCS(=O)(=O)O)C3(C)CCC)cc(C(=O)NCC)n1. The molecule has 2 aliphatic heterocycles. The van der Waals surface area contributed by atoms with E-state index in [0.717, 1.165) is 46.3 Å². The number of carboxylic acids is 1. The number of fused-ring (bicyclic) bond motifs is 6. The monoisotopic (exact) mass is 1470 g/mol. The predicted octanol–water partition coefficient (Wildman–Crippen LogP) is 9.88. The third kappa shape index (κ3) is 18.1. The zero-order chi connectivity index (χ0) is 71.7. The molecule has 0 saturated heterocycles. The van der Waals surface area contributed by atoms with Gasteiger partial charge in [-0.25, -0.2) is 9.97 Å². The van der Waals surface area contributed by atoms with Crippen LogP contribution in [0.15, 0.2) is 82.0 Å². The fourth-order valence-electron chi connectivity index (χ4n) is 12.9. The van der Waals surface area contributed by atoms with E-state index in [4.69, 9.17) is 5.11 Å². The molecule has 2 unspecified atom stereocenters. The first-order valence-electron chi connectivity index (χ1n) is 32.4. The minimum atomic E-state index is -4.95. The highest BCUT2D eigenvalue weighted by Crippen LogP contribution is 2.57. The number of aromatic nitrogens is 2. The molecule has 6 aromatic rings. The molecule has 0 saturated carbocycles. The lowest BCUT2D eigenvalue weighted by Gasteiger charge is -2.30. The summed E-state index contributed by atoms with van der Waals surface area (Å²) in [6.45, 7) is 12.2. The van der Waals surface area contributed by atoms with Gasteiger partial charge in [0, 0.05) is 94.2 Å². The first-order valence-corrected chi connectivity index (χ1v) is 40.3. The van der Waals surface area contributed by atoms with Gasteiger partial charge >= 0.3 is 16.1 Å². The topological polar surface area (TPSA) is 403 Å². The highest BCUT2D eigenvalue weighted by atomic mass is 32.3. The number of carbonyl (C=O) groups is 5. The van der Waals surface area contributed by atoms with Gasteiger partial charge in [-0.15, -0.1) is 22.7 Å². The van der Waals surface area contributed by atoms with E-state index in [1.807, 2.05) is 66.0 Å². The Balaban J connectivity index is 1.35. The highest BCUT2D eigenvalue weighted by Gasteiger charge is 2.50. The number of nitrogens with zero attached hydrogens (tertiary/aromatic N) is 4. The van der Waals surface area contributed by atoms with Crippen LogP contribution in [0, 0.1) is 0 Å². The van der Waals surface area contributed by atoms with Crippen molar-refractivity contribution in [2.75, 3.05) is 61.4 Å². The first-order chi connectivity index (χ1) is 46.2. The number of hydrogen-bond donors (Lipinski definition) is 9. The second kappa shape index (κ2) is 31.9. The van der Waals surface area contributed by atoms with Crippen LogP contribution in [0.5, 0.6) is 0 Å². The number of carbonyl (C=O) groups excluding carboxylic acids is 4. The van der Waals surface area contributed by atoms with E-state index < -0.39 is 115 Å². The second-order valence-electron chi connectivity index (χ2n) is 24.7. The molecule has 6 heterocycles. The summed E-state index contributed by atoms with van der Waals surface area (Å²) in [4.78, 5) is 77.4. The zero-order valence-corrected chi connectivity index (χ0v) is 60.2. The molecule has 0 fully saturated rings. The average Bonchev–Trinajstić information content (AvgIpc) is 1.55. The van der Waals surface area contributed by atoms with E-state index in [9.17, 15) is 75.9 Å². The molecule has 2 aromatic carbocycles. The van der Waals surface area contributed by atoms with E-state index in [2.05, 4.69) is 45.1 Å². The number of amides is 4. The zero-order valence-electron chi connectivity index (χ0n) is 55.3. The van der Waals surface area contributed by atoms with Gasteiger partial charge in [0.2, 0.25) is 5.69 Å². The molecule has 4 amide bonds. The minimum absolute atomic E-state index is 0.0146. The first kappa shape index (κ1) is 76.4. The van der Waals surface area contributed by atoms with Crippen molar-refractivity contribution in [1.82, 2.24) is 31.2 Å². The van der Waals surface area contributed by atoms with Crippen molar-refractivity contribution in [2.24, 2.45) is 0 Å². The molecule has 9 N–H and O–H groups in total. The van der Waals surface area contributed by atoms with Crippen LogP contribution in [0.3, 0.4) is 0 Å². The number of benzene rings is 2. The molecule has 8 rings (SSSR count). The Labute approximate surface area is 578 Å². The molecule has 2 aliphatic rings. The van der Waals surface area contributed by atoms with Crippen LogP contribution in [0.2, 0.25) is 0 Å². The summed E-state index contributed by atoms with van der Waals surface area (Å²) in [5.41, 5.74) is 2.65. The summed E-state index contributed by atoms with van der Waals surface area (Å²) in [6.07, 6.45) is 10.7. The lowest BCUT2D eigenvalue weighted by Crippen LogP contribution is -2.32. The molecular formula is C66H83N8O18S6+. The third-order valence-electron chi connectivity index (χ3n) is 17.3. The van der Waals surface area contributed by atoms with E-state index >= 15 is 0 Å². The van der Waals surface area contributed by atoms with Gasteiger partial charge in [0.15, 0.2) is 5.71 Å². The normalized spacial score (nSPS) is 16.9. The summed E-state index contributed by atoms with van der Waals surface area (Å²) in [5, 5.41) is 23.0. The molecule has 0 bridgehead atoms. The Kier molecular flexibility index (Phi) is 24.8. The van der Waals surface area contributed by atoms with Crippen LogP contribution in [-0.2, 0) is 56.1 Å². The number of anilines is 1. The predicted molar refractivity (Wildman–Crippen MR) is 378 cm³/mol. The fourth-order valence-corrected chi connectivity index (χ4v) is 17.1. The fraction of sp³-hybridized carbons (Fsp3) is 0.455. The van der Waals surface area contributed by atoms with Crippen molar-refractivity contribution >= 4 is 130 Å². The van der Waals surface area contributed by atoms with Crippen LogP contribution >= 0.6 is 22.7 Å². The van der Waals surface area contributed by atoms with Crippen molar-refractivity contribution in [1.29, 1.82) is 0 Å². The van der Waals surface area contributed by atoms with Gasteiger partial charge in [0.25, 0.3) is 54.0 Å². The Bertz CT molecular complexity index is 4660. The van der Waals surface area contributed by atoms with Gasteiger partial charge in [-0.05, 0) is 142 Å². The van der Waals surface area contributed by atoms with Crippen molar-refractivity contribution in [3.63, 3.8) is 0 Å². The van der Waals surface area contributed by atoms with E-state index in [1.165, 1.54) is 29.5 Å². The Morgan fingerprint density at radius 1 is 0.592 bits per heavy atom. The van der Waals surface area contributed by atoms with Crippen molar-refractivity contribution in [3.05, 3.63) is 112 Å². The molecular weight excluding hydrogens is 1390 g/mol. The van der Waals surface area contributed by atoms with Crippen LogP contribution < -0.4 is 26.2 Å². The maximum Gasteiger partial charge on any atom is 0.304 e. The van der Waals surface area contributed by atoms with Crippen LogP contribution in [0.25, 0.3) is 42.4 Å². The maximum absolute atomic E-state index is 14.0. The lowest BCUT2D eigenvalue weighted by atomic mass is 9.74. The van der Waals surface area contributed by atoms with Crippen LogP contribution in [0.4, 0.5) is 11.4 Å². The van der Waals surface area contributed by atoms with E-state index in [1.54, 1.807) is 25.1 Å². The molecule has 0 radical (unpaired) electrons. The molecule has 26 nitrogen and oxygen atoms in total. The van der Waals surface area contributed by atoms with Gasteiger partial charge < -0.3 is 31.3 Å². The third-order valence-corrected chi connectivity index (χ3v) is 23.1. The Hall–Kier alpha value is -7.40. The lowest BCUT2D eigenvalue weighted by molar-refractivity contribution is -0.435. The summed E-state index contributed by atoms with van der Waals surface area (Å²) < 4.78 is 143. The largest absolute Gasteiger partial charge is 0.481 e. The molecule has 530 valence electrons. The smallest absolute Gasteiger partial charge is 0.304 e. The molecule has 98 heavy (non-hydrogen) atoms. The number of nitrogens with one attached hydrogen (secondary N) is 4. The number of unbranched alkanes of at least 4 members (excludes halogenated alkanes) is 4. The number of hydrogen-bond acceptors (Lipinski definition) is 18. The summed E-state index contributed by atoms with van der Waals surface area (Å²) in [5.74, 6) is -5.77. The summed E-state index contributed by atoms with van der Waals surface area (Å²) in [7, 11) is -18.5. The van der Waals surface area contributed by atoms with Crippen LogP contribution in [-0.4, -0.2) is 163 Å². The van der Waals surface area contributed by atoms with Crippen molar-refractivity contribution in [2.45, 2.75) is 140 Å². The quantitative estimate of drug-likeness (QED) is 0.0101. The number of allylic oxidation sites excluding steroid dienone is 4. The number of carboxylic acid groups (broad SMARTS) is 1. The van der Waals surface area contributed by atoms with Gasteiger partial charge in [0.05, 0.1) is 33.7 Å². The standard InChI is InChI=1S/C66H82N8O18S6/c1-7-11-14-25-68-62(78)50-35-41(34-49(71-50)61(77)67-10-4)44-38-47-57(43-22-30-93-59(43)44)74(29-18-32-96(84,85)86)53(65(47,5)23-8-2)19-16-20-54-66(6,24-17-31-95(81,82)83)48-39-45(60-46(58(48)73(54)28-9-3)40-56(94-60)98(90,91)92)42-36-51(63(79)69-26-15-12-13-21-55(75)76)72-52(37-42)64(80)70-27-33-97(87,88)89/h16,19-20,22,30,34-40H,7-15,17-18,21,23-29,31-33H2,1-6H3,(H8-,67,68,69,70,75,76,77,78,79,80,81,82,83,84,85,86,87,88,89,90,91,92)/p+1. The van der Waals surface area contributed by atoms with Gasteiger partial charge in [-0.2, -0.15) is 38.2 Å². The molecule has 32 heteroatoms.